The van der Waals surface area contributed by atoms with Gasteiger partial charge in [-0.1, -0.05) is 19.8 Å². The van der Waals surface area contributed by atoms with E-state index in [0.29, 0.717) is 6.42 Å². The molecule has 1 amide bonds. The second kappa shape index (κ2) is 6.51. The Morgan fingerprint density at radius 1 is 1.12 bits per heavy atom. The summed E-state index contributed by atoms with van der Waals surface area (Å²) in [5.74, 6) is -1.10. The highest BCUT2D eigenvalue weighted by molar-refractivity contribution is 5.77. The van der Waals surface area contributed by atoms with Crippen LogP contribution in [-0.4, -0.2) is 29.9 Å². The zero-order valence-electron chi connectivity index (χ0n) is 9.91. The van der Waals surface area contributed by atoms with Gasteiger partial charge in [0.25, 0.3) is 0 Å². The van der Waals surface area contributed by atoms with Gasteiger partial charge in [-0.15, -0.1) is 0 Å². The van der Waals surface area contributed by atoms with Gasteiger partial charge in [-0.3, -0.25) is 4.79 Å². The first-order valence-corrected chi connectivity index (χ1v) is 6.07. The average Bonchev–Trinajstić information content (AvgIpc) is 2.43. The summed E-state index contributed by atoms with van der Waals surface area (Å²) in [6.07, 6.45) is 4.82. The van der Waals surface area contributed by atoms with Gasteiger partial charge >= 0.3 is 0 Å². The van der Waals surface area contributed by atoms with Gasteiger partial charge in [0.2, 0.25) is 5.91 Å². The molecule has 1 rings (SSSR count). The molecule has 0 spiro atoms. The first kappa shape index (κ1) is 13.0. The number of hydrogen-bond acceptors (Lipinski definition) is 3. The topological polar surface area (TPSA) is 60.4 Å². The number of hydrogen-bond donors (Lipinski definition) is 0. The molecular weight excluding hydrogens is 206 g/mol. The van der Waals surface area contributed by atoms with Crippen molar-refractivity contribution in [2.45, 2.75) is 45.4 Å². The van der Waals surface area contributed by atoms with E-state index in [-0.39, 0.29) is 18.2 Å². The van der Waals surface area contributed by atoms with Crippen LogP contribution in [-0.2, 0) is 9.59 Å². The minimum atomic E-state index is -1.07. The lowest BCUT2D eigenvalue weighted by Gasteiger charge is -2.22. The smallest absolute Gasteiger partial charge is 0.222 e. The van der Waals surface area contributed by atoms with Gasteiger partial charge in [0.1, 0.15) is 0 Å². The molecule has 4 heteroatoms. The van der Waals surface area contributed by atoms with Gasteiger partial charge in [0.05, 0.1) is 0 Å². The van der Waals surface area contributed by atoms with Crippen LogP contribution in [0.3, 0.4) is 0 Å². The third-order valence-corrected chi connectivity index (χ3v) is 3.00. The van der Waals surface area contributed by atoms with Gasteiger partial charge in [-0.25, -0.2) is 0 Å². The molecule has 0 bridgehead atoms. The molecule has 1 aliphatic rings. The van der Waals surface area contributed by atoms with E-state index in [2.05, 4.69) is 0 Å². The summed E-state index contributed by atoms with van der Waals surface area (Å²) < 4.78 is 0. The summed E-state index contributed by atoms with van der Waals surface area (Å²) >= 11 is 0. The zero-order chi connectivity index (χ0) is 12.0. The summed E-state index contributed by atoms with van der Waals surface area (Å²) in [4.78, 5) is 24.1. The van der Waals surface area contributed by atoms with Gasteiger partial charge in [0, 0.05) is 25.5 Å². The normalized spacial score (nSPS) is 18.9. The van der Waals surface area contributed by atoms with E-state index in [1.807, 2.05) is 4.90 Å². The van der Waals surface area contributed by atoms with Crippen molar-refractivity contribution >= 4 is 11.9 Å². The monoisotopic (exact) mass is 226 g/mol. The fourth-order valence-corrected chi connectivity index (χ4v) is 2.10. The predicted molar refractivity (Wildman–Crippen MR) is 58.5 cm³/mol. The number of carboxylic acids is 1. The van der Waals surface area contributed by atoms with E-state index >= 15 is 0 Å². The van der Waals surface area contributed by atoms with E-state index in [4.69, 9.17) is 0 Å². The maximum absolute atomic E-state index is 11.9. The van der Waals surface area contributed by atoms with Crippen LogP contribution in [0.2, 0.25) is 0 Å². The number of carbonyl (C=O) groups excluding carboxylic acids is 2. The van der Waals surface area contributed by atoms with Gasteiger partial charge < -0.3 is 14.8 Å². The van der Waals surface area contributed by atoms with Crippen molar-refractivity contribution in [2.24, 2.45) is 5.92 Å². The van der Waals surface area contributed by atoms with Crippen LogP contribution in [0.15, 0.2) is 0 Å². The molecule has 1 aliphatic heterocycles. The number of aliphatic carboxylic acids is 1. The Hall–Kier alpha value is -1.06. The van der Waals surface area contributed by atoms with Crippen molar-refractivity contribution in [3.63, 3.8) is 0 Å². The van der Waals surface area contributed by atoms with Crippen LogP contribution in [0.4, 0.5) is 0 Å². The summed E-state index contributed by atoms with van der Waals surface area (Å²) in [7, 11) is 0. The van der Waals surface area contributed by atoms with Crippen molar-refractivity contribution in [1.82, 2.24) is 4.90 Å². The molecule has 16 heavy (non-hydrogen) atoms. The van der Waals surface area contributed by atoms with Crippen LogP contribution in [0.1, 0.15) is 45.4 Å². The van der Waals surface area contributed by atoms with Crippen molar-refractivity contribution in [3.8, 4) is 0 Å². The number of nitrogens with zero attached hydrogens (tertiary/aromatic N) is 1. The minimum Gasteiger partial charge on any atom is -0.550 e. The van der Waals surface area contributed by atoms with Gasteiger partial charge in [0.15, 0.2) is 0 Å². The Balaban J connectivity index is 2.34. The summed E-state index contributed by atoms with van der Waals surface area (Å²) in [5, 5.41) is 10.4. The lowest BCUT2D eigenvalue weighted by atomic mass is 10.0. The number of amides is 1. The zero-order valence-corrected chi connectivity index (χ0v) is 9.91. The Morgan fingerprint density at radius 3 is 2.19 bits per heavy atom. The van der Waals surface area contributed by atoms with Gasteiger partial charge in [-0.05, 0) is 25.2 Å². The molecule has 1 saturated heterocycles. The Bertz CT molecular complexity index is 245. The summed E-state index contributed by atoms with van der Waals surface area (Å²) in [6.45, 7) is 3.44. The fraction of sp³-hybridized carbons (Fsp3) is 0.833. The standard InChI is InChI=1S/C12H21NO3/c1-10(9-12(15)16)8-11(14)13-6-4-2-3-5-7-13/h10H,2-9H2,1H3,(H,15,16)/p-1/t10-/m1/s1. The second-order valence-corrected chi connectivity index (χ2v) is 4.68. The van der Waals surface area contributed by atoms with Crippen molar-refractivity contribution in [1.29, 1.82) is 0 Å². The van der Waals surface area contributed by atoms with Crippen LogP contribution < -0.4 is 5.11 Å². The highest BCUT2D eigenvalue weighted by Crippen LogP contribution is 2.14. The quantitative estimate of drug-likeness (QED) is 0.703. The fourth-order valence-electron chi connectivity index (χ4n) is 2.10. The molecule has 0 aromatic heterocycles. The lowest BCUT2D eigenvalue weighted by molar-refractivity contribution is -0.306. The average molecular weight is 226 g/mol. The first-order valence-electron chi connectivity index (χ1n) is 6.07. The predicted octanol–water partition coefficient (Wildman–Crippen LogP) is 0.555. The van der Waals surface area contributed by atoms with Crippen molar-refractivity contribution in [3.05, 3.63) is 0 Å². The highest BCUT2D eigenvalue weighted by atomic mass is 16.4. The third-order valence-electron chi connectivity index (χ3n) is 3.00. The largest absolute Gasteiger partial charge is 0.550 e. The number of carbonyl (C=O) groups is 2. The summed E-state index contributed by atoms with van der Waals surface area (Å²) in [6, 6.07) is 0. The molecule has 4 nitrogen and oxygen atoms in total. The molecule has 0 unspecified atom stereocenters. The van der Waals surface area contributed by atoms with Crippen LogP contribution >= 0.6 is 0 Å². The van der Waals surface area contributed by atoms with E-state index < -0.39 is 5.97 Å². The Morgan fingerprint density at radius 2 is 1.69 bits per heavy atom. The molecule has 0 N–H and O–H groups in total. The van der Waals surface area contributed by atoms with Crippen LogP contribution in [0.25, 0.3) is 0 Å². The number of rotatable bonds is 4. The molecule has 0 aromatic carbocycles. The molecule has 92 valence electrons. The Kier molecular flexibility index (Phi) is 5.29. The van der Waals surface area contributed by atoms with E-state index in [0.717, 1.165) is 25.9 Å². The Labute approximate surface area is 96.6 Å². The molecule has 0 aromatic rings. The summed E-state index contributed by atoms with van der Waals surface area (Å²) in [5.41, 5.74) is 0. The van der Waals surface area contributed by atoms with Crippen molar-refractivity contribution < 1.29 is 14.7 Å². The van der Waals surface area contributed by atoms with Crippen LogP contribution in [0, 0.1) is 5.92 Å². The number of likely N-dealkylation sites (tertiary alicyclic amines) is 1. The lowest BCUT2D eigenvalue weighted by Crippen LogP contribution is -2.34. The van der Waals surface area contributed by atoms with Gasteiger partial charge in [-0.2, -0.15) is 0 Å². The second-order valence-electron chi connectivity index (χ2n) is 4.68. The van der Waals surface area contributed by atoms with E-state index in [1.54, 1.807) is 6.92 Å². The highest BCUT2D eigenvalue weighted by Gasteiger charge is 2.17. The molecule has 1 fully saturated rings. The molecule has 0 aliphatic carbocycles. The maximum Gasteiger partial charge on any atom is 0.222 e. The maximum atomic E-state index is 11.9. The van der Waals surface area contributed by atoms with E-state index in [9.17, 15) is 14.7 Å². The molecule has 0 saturated carbocycles. The molecule has 1 atom stereocenters. The minimum absolute atomic E-state index is 0.0282. The van der Waals surface area contributed by atoms with E-state index in [1.165, 1.54) is 12.8 Å². The third kappa shape index (κ3) is 4.64. The van der Waals surface area contributed by atoms with Crippen LogP contribution in [0.5, 0.6) is 0 Å². The first-order chi connectivity index (χ1) is 7.59. The molecule has 0 radical (unpaired) electrons. The molecular formula is C12H20NO3-. The number of carboxylic acid groups (broad SMARTS) is 1. The van der Waals surface area contributed by atoms with Crippen molar-refractivity contribution in [2.75, 3.05) is 13.1 Å². The molecule has 1 heterocycles. The SMILES string of the molecule is C[C@@H](CC(=O)[O-])CC(=O)N1CCCCCC1.